The molecule has 0 spiro atoms. The molecule has 0 aromatic carbocycles. The van der Waals surface area contributed by atoms with Crippen molar-refractivity contribution in [2.24, 2.45) is 10.9 Å². The van der Waals surface area contributed by atoms with Crippen molar-refractivity contribution in [3.05, 3.63) is 0 Å². The zero-order chi connectivity index (χ0) is 17.6. The predicted octanol–water partition coefficient (Wildman–Crippen LogP) is 0.0854. The highest BCUT2D eigenvalue weighted by Crippen LogP contribution is 2.13. The average Bonchev–Trinajstić information content (AvgIpc) is 2.89. The molecular weight excluding hydrogens is 328 g/mol. The lowest BCUT2D eigenvalue weighted by Crippen LogP contribution is -2.52. The summed E-state index contributed by atoms with van der Waals surface area (Å²) in [7, 11) is -1.15. The lowest BCUT2D eigenvalue weighted by molar-refractivity contribution is 0.0132. The summed E-state index contributed by atoms with van der Waals surface area (Å²) >= 11 is 0. The van der Waals surface area contributed by atoms with Gasteiger partial charge >= 0.3 is 0 Å². The summed E-state index contributed by atoms with van der Waals surface area (Å²) in [5, 5.41) is 6.64. The molecule has 0 amide bonds. The molecule has 2 fully saturated rings. The van der Waals surface area contributed by atoms with Crippen molar-refractivity contribution in [2.45, 2.75) is 38.8 Å². The van der Waals surface area contributed by atoms with E-state index < -0.39 is 9.84 Å². The van der Waals surface area contributed by atoms with E-state index in [4.69, 9.17) is 4.74 Å². The van der Waals surface area contributed by atoms with Gasteiger partial charge in [0.25, 0.3) is 0 Å². The Bertz CT molecular complexity index is 515. The molecule has 2 saturated heterocycles. The Morgan fingerprint density at radius 2 is 2.04 bits per heavy atom. The molecule has 0 aromatic rings. The molecule has 2 aliphatic rings. The first kappa shape index (κ1) is 19.5. The molecular formula is C16H32N4O3S. The second-order valence-corrected chi connectivity index (χ2v) is 9.36. The zero-order valence-corrected chi connectivity index (χ0v) is 15.9. The highest BCUT2D eigenvalue weighted by Gasteiger charge is 2.29. The minimum absolute atomic E-state index is 0.0341. The molecule has 7 nitrogen and oxygen atoms in total. The van der Waals surface area contributed by atoms with Crippen molar-refractivity contribution < 1.29 is 13.2 Å². The Morgan fingerprint density at radius 1 is 1.33 bits per heavy atom. The standard InChI is InChI=1S/C16H32N4O3S/c1-13(2)10-15(20-5-7-23-8-6-20)11-18-16(17-3)19-14-4-9-24(21,22)12-14/h13-15H,4-12H2,1-3H3,(H2,17,18,19). The SMILES string of the molecule is CN=C(NCC(CC(C)C)N1CCOCC1)NC1CCS(=O)(=O)C1. The quantitative estimate of drug-likeness (QED) is 0.516. The highest BCUT2D eigenvalue weighted by atomic mass is 32.2. The number of ether oxygens (including phenoxy) is 1. The summed E-state index contributed by atoms with van der Waals surface area (Å²) in [5.74, 6) is 1.78. The van der Waals surface area contributed by atoms with Gasteiger partial charge in [-0.25, -0.2) is 8.42 Å². The van der Waals surface area contributed by atoms with Crippen molar-refractivity contribution in [3.63, 3.8) is 0 Å². The van der Waals surface area contributed by atoms with Gasteiger partial charge in [-0.3, -0.25) is 9.89 Å². The van der Waals surface area contributed by atoms with Gasteiger partial charge in [-0.05, 0) is 18.8 Å². The largest absolute Gasteiger partial charge is 0.379 e. The number of nitrogens with zero attached hydrogens (tertiary/aromatic N) is 2. The molecule has 0 radical (unpaired) electrons. The maximum atomic E-state index is 11.6. The average molecular weight is 361 g/mol. The first-order chi connectivity index (χ1) is 11.4. The summed E-state index contributed by atoms with van der Waals surface area (Å²) in [4.78, 5) is 6.73. The molecule has 24 heavy (non-hydrogen) atoms. The molecule has 0 saturated carbocycles. The number of sulfone groups is 1. The molecule has 0 aliphatic carbocycles. The lowest BCUT2D eigenvalue weighted by atomic mass is 10.0. The number of rotatable bonds is 6. The Kier molecular flexibility index (Phi) is 7.31. The smallest absolute Gasteiger partial charge is 0.191 e. The lowest BCUT2D eigenvalue weighted by Gasteiger charge is -2.36. The van der Waals surface area contributed by atoms with Gasteiger partial charge in [0.05, 0.1) is 24.7 Å². The van der Waals surface area contributed by atoms with Crippen molar-refractivity contribution in [1.29, 1.82) is 0 Å². The Balaban J connectivity index is 1.86. The van der Waals surface area contributed by atoms with E-state index in [2.05, 4.69) is 34.4 Å². The summed E-state index contributed by atoms with van der Waals surface area (Å²) in [5.41, 5.74) is 0. The van der Waals surface area contributed by atoms with Crippen LogP contribution in [-0.4, -0.2) is 82.8 Å². The second kappa shape index (κ2) is 9.01. The van der Waals surface area contributed by atoms with Crippen LogP contribution >= 0.6 is 0 Å². The zero-order valence-electron chi connectivity index (χ0n) is 15.1. The molecule has 0 bridgehead atoms. The van der Waals surface area contributed by atoms with Crippen LogP contribution in [0.1, 0.15) is 26.7 Å². The summed E-state index contributed by atoms with van der Waals surface area (Å²) in [6.45, 7) is 8.80. The highest BCUT2D eigenvalue weighted by molar-refractivity contribution is 7.91. The van der Waals surface area contributed by atoms with Crippen molar-refractivity contribution >= 4 is 15.8 Å². The molecule has 8 heteroatoms. The monoisotopic (exact) mass is 360 g/mol. The van der Waals surface area contributed by atoms with Crippen LogP contribution in [-0.2, 0) is 14.6 Å². The number of hydrogen-bond donors (Lipinski definition) is 2. The fourth-order valence-corrected chi connectivity index (χ4v) is 5.03. The first-order valence-electron chi connectivity index (χ1n) is 8.89. The van der Waals surface area contributed by atoms with Crippen LogP contribution in [0.2, 0.25) is 0 Å². The topological polar surface area (TPSA) is 83.0 Å². The fraction of sp³-hybridized carbons (Fsp3) is 0.938. The van der Waals surface area contributed by atoms with E-state index in [-0.39, 0.29) is 17.5 Å². The van der Waals surface area contributed by atoms with Crippen LogP contribution < -0.4 is 10.6 Å². The van der Waals surface area contributed by atoms with Crippen molar-refractivity contribution in [2.75, 3.05) is 51.4 Å². The van der Waals surface area contributed by atoms with E-state index in [9.17, 15) is 8.42 Å². The van der Waals surface area contributed by atoms with Gasteiger partial charge in [0.15, 0.2) is 15.8 Å². The van der Waals surface area contributed by atoms with E-state index in [1.807, 2.05) is 0 Å². The molecule has 2 atom stereocenters. The van der Waals surface area contributed by atoms with Gasteiger partial charge in [-0.15, -0.1) is 0 Å². The normalized spacial score (nSPS) is 26.5. The number of hydrogen-bond acceptors (Lipinski definition) is 5. The number of guanidine groups is 1. The second-order valence-electron chi connectivity index (χ2n) is 7.13. The van der Waals surface area contributed by atoms with Gasteiger partial charge in [0.1, 0.15) is 0 Å². The van der Waals surface area contributed by atoms with Gasteiger partial charge in [-0.2, -0.15) is 0 Å². The third-order valence-corrected chi connectivity index (χ3v) is 6.38. The van der Waals surface area contributed by atoms with Crippen LogP contribution in [0, 0.1) is 5.92 Å². The summed E-state index contributed by atoms with van der Waals surface area (Å²) < 4.78 is 28.6. The third-order valence-electron chi connectivity index (χ3n) is 4.61. The van der Waals surface area contributed by atoms with Crippen LogP contribution in [0.5, 0.6) is 0 Å². The molecule has 2 heterocycles. The van der Waals surface area contributed by atoms with Gasteiger partial charge in [0, 0.05) is 38.8 Å². The maximum Gasteiger partial charge on any atom is 0.191 e. The van der Waals surface area contributed by atoms with E-state index >= 15 is 0 Å². The minimum atomic E-state index is -2.88. The number of nitrogens with one attached hydrogen (secondary N) is 2. The third kappa shape index (κ3) is 6.22. The number of aliphatic imine (C=N–C) groups is 1. The predicted molar refractivity (Wildman–Crippen MR) is 97.2 cm³/mol. The molecule has 2 rings (SSSR count). The summed E-state index contributed by atoms with van der Waals surface area (Å²) in [6.07, 6.45) is 1.77. The number of morpholine rings is 1. The Labute approximate surface area is 146 Å². The minimum Gasteiger partial charge on any atom is -0.379 e. The van der Waals surface area contributed by atoms with E-state index in [1.165, 1.54) is 0 Å². The summed E-state index contributed by atoms with van der Waals surface area (Å²) in [6, 6.07) is 0.396. The van der Waals surface area contributed by atoms with Gasteiger partial charge < -0.3 is 15.4 Å². The van der Waals surface area contributed by atoms with Gasteiger partial charge in [-0.1, -0.05) is 13.8 Å². The molecule has 2 N–H and O–H groups in total. The first-order valence-corrected chi connectivity index (χ1v) is 10.7. The molecule has 2 unspecified atom stereocenters. The van der Waals surface area contributed by atoms with Crippen LogP contribution in [0.15, 0.2) is 4.99 Å². The van der Waals surface area contributed by atoms with Crippen molar-refractivity contribution in [3.8, 4) is 0 Å². The van der Waals surface area contributed by atoms with Crippen LogP contribution in [0.4, 0.5) is 0 Å². The Hall–Kier alpha value is -0.860. The van der Waals surface area contributed by atoms with E-state index in [1.54, 1.807) is 7.05 Å². The molecule has 0 aromatic heterocycles. The van der Waals surface area contributed by atoms with Crippen LogP contribution in [0.25, 0.3) is 0 Å². The van der Waals surface area contributed by atoms with Gasteiger partial charge in [0.2, 0.25) is 0 Å². The molecule has 2 aliphatic heterocycles. The van der Waals surface area contributed by atoms with Crippen molar-refractivity contribution in [1.82, 2.24) is 15.5 Å². The maximum absolute atomic E-state index is 11.6. The Morgan fingerprint density at radius 3 is 2.58 bits per heavy atom. The van der Waals surface area contributed by atoms with Crippen LogP contribution in [0.3, 0.4) is 0 Å². The molecule has 140 valence electrons. The van der Waals surface area contributed by atoms with E-state index in [0.717, 1.165) is 39.3 Å². The van der Waals surface area contributed by atoms with E-state index in [0.29, 0.717) is 24.3 Å². The fourth-order valence-electron chi connectivity index (χ4n) is 3.36.